The molecule has 0 amide bonds. The summed E-state index contributed by atoms with van der Waals surface area (Å²) in [6, 6.07) is 0. The van der Waals surface area contributed by atoms with Crippen LogP contribution in [-0.4, -0.2) is 22.2 Å². The molecule has 0 radical (unpaired) electrons. The maximum atomic E-state index is 10.4. The highest BCUT2D eigenvalue weighted by Gasteiger charge is 1.90. The van der Waals surface area contributed by atoms with Crippen molar-refractivity contribution in [3.05, 3.63) is 59.3 Å². The third-order valence-corrected chi connectivity index (χ3v) is 2.01. The summed E-state index contributed by atoms with van der Waals surface area (Å²) in [5.41, 5.74) is 2.37. The Morgan fingerprint density at radius 2 is 1.37 bits per heavy atom. The molecule has 0 aliphatic carbocycles. The monoisotopic (exact) mass is 262 g/mol. The normalized spacial score (nSPS) is 14.4. The first kappa shape index (κ1) is 16.6. The third kappa shape index (κ3) is 10.5. The minimum absolute atomic E-state index is 0.654. The average Bonchev–Trinajstić information content (AvgIpc) is 2.24. The molecule has 0 aliphatic heterocycles. The Hall–Kier alpha value is -2.36. The summed E-state index contributed by atoms with van der Waals surface area (Å²) < 4.78 is 0. The number of aliphatic carboxylic acids is 2. The zero-order valence-corrected chi connectivity index (χ0v) is 11.3. The van der Waals surface area contributed by atoms with Crippen molar-refractivity contribution in [2.24, 2.45) is 0 Å². The quantitative estimate of drug-likeness (QED) is 0.569. The maximum absolute atomic E-state index is 10.4. The second-order valence-electron chi connectivity index (χ2n) is 4.06. The fourth-order valence-electron chi connectivity index (χ4n) is 1.25. The van der Waals surface area contributed by atoms with E-state index >= 15 is 0 Å². The van der Waals surface area contributed by atoms with Crippen LogP contribution in [0.3, 0.4) is 0 Å². The number of hydrogen-bond acceptors (Lipinski definition) is 2. The van der Waals surface area contributed by atoms with E-state index in [0.717, 1.165) is 23.3 Å². The van der Waals surface area contributed by atoms with Gasteiger partial charge < -0.3 is 10.2 Å². The Morgan fingerprint density at radius 3 is 1.89 bits per heavy atom. The van der Waals surface area contributed by atoms with E-state index in [9.17, 15) is 9.59 Å². The highest BCUT2D eigenvalue weighted by atomic mass is 16.4. The Labute approximate surface area is 112 Å². The van der Waals surface area contributed by atoms with Crippen LogP contribution in [0, 0.1) is 0 Å². The van der Waals surface area contributed by atoms with Gasteiger partial charge >= 0.3 is 11.9 Å². The summed E-state index contributed by atoms with van der Waals surface area (Å²) in [5.74, 6) is -1.96. The Balaban J connectivity index is 4.65. The molecule has 0 saturated heterocycles. The molecule has 0 aromatic carbocycles. The van der Waals surface area contributed by atoms with E-state index in [1.54, 1.807) is 32.1 Å². The van der Waals surface area contributed by atoms with Crippen LogP contribution in [0.15, 0.2) is 59.3 Å². The Kier molecular flexibility index (Phi) is 7.61. The topological polar surface area (TPSA) is 74.6 Å². The first-order valence-corrected chi connectivity index (χ1v) is 5.66. The lowest BCUT2D eigenvalue weighted by molar-refractivity contribution is -0.132. The van der Waals surface area contributed by atoms with Crippen LogP contribution in [-0.2, 0) is 9.59 Å². The van der Waals surface area contributed by atoms with E-state index < -0.39 is 11.9 Å². The Bertz CT molecular complexity index is 488. The molecule has 0 aromatic heterocycles. The smallest absolute Gasteiger partial charge is 0.328 e. The summed E-state index contributed by atoms with van der Waals surface area (Å²) in [7, 11) is 0. The zero-order valence-electron chi connectivity index (χ0n) is 11.3. The molecule has 4 nitrogen and oxygen atoms in total. The molecule has 0 unspecified atom stereocenters. The van der Waals surface area contributed by atoms with Crippen molar-refractivity contribution in [1.82, 2.24) is 0 Å². The predicted octanol–water partition coefficient (Wildman–Crippen LogP) is 3.11. The first-order chi connectivity index (χ1) is 8.81. The summed E-state index contributed by atoms with van der Waals surface area (Å²) in [6.45, 7) is 5.35. The summed E-state index contributed by atoms with van der Waals surface area (Å²) in [4.78, 5) is 20.7. The fourth-order valence-corrected chi connectivity index (χ4v) is 1.25. The molecular weight excluding hydrogens is 244 g/mol. The molecule has 0 rings (SSSR count). The second kappa shape index (κ2) is 8.69. The van der Waals surface area contributed by atoms with Gasteiger partial charge in [-0.05, 0) is 26.3 Å². The zero-order chi connectivity index (χ0) is 14.8. The van der Waals surface area contributed by atoms with Gasteiger partial charge in [-0.25, -0.2) is 9.59 Å². The minimum atomic E-state index is -0.984. The van der Waals surface area contributed by atoms with Gasteiger partial charge in [0.2, 0.25) is 0 Å². The fraction of sp³-hybridized carbons (Fsp3) is 0.200. The van der Waals surface area contributed by atoms with Crippen LogP contribution in [0.4, 0.5) is 0 Å². The van der Waals surface area contributed by atoms with Crippen molar-refractivity contribution in [2.45, 2.75) is 20.8 Å². The molecule has 0 bridgehead atoms. The molecule has 0 fully saturated rings. The third-order valence-electron chi connectivity index (χ3n) is 2.01. The molecule has 0 heterocycles. The lowest BCUT2D eigenvalue weighted by atomic mass is 10.1. The van der Waals surface area contributed by atoms with Gasteiger partial charge in [-0.2, -0.15) is 0 Å². The van der Waals surface area contributed by atoms with Crippen molar-refractivity contribution in [3.63, 3.8) is 0 Å². The molecule has 19 heavy (non-hydrogen) atoms. The predicted molar refractivity (Wildman–Crippen MR) is 74.8 cm³/mol. The van der Waals surface area contributed by atoms with Crippen molar-refractivity contribution in [3.8, 4) is 0 Å². The van der Waals surface area contributed by atoms with Crippen LogP contribution in [0.5, 0.6) is 0 Å². The number of rotatable bonds is 6. The van der Waals surface area contributed by atoms with Gasteiger partial charge in [0.1, 0.15) is 0 Å². The van der Waals surface area contributed by atoms with Crippen LogP contribution in [0.2, 0.25) is 0 Å². The minimum Gasteiger partial charge on any atom is -0.478 e. The first-order valence-electron chi connectivity index (χ1n) is 5.66. The number of carbonyl (C=O) groups is 2. The van der Waals surface area contributed by atoms with Crippen molar-refractivity contribution >= 4 is 11.9 Å². The van der Waals surface area contributed by atoms with Crippen molar-refractivity contribution in [1.29, 1.82) is 0 Å². The van der Waals surface area contributed by atoms with E-state index in [0.29, 0.717) is 5.57 Å². The van der Waals surface area contributed by atoms with E-state index in [-0.39, 0.29) is 0 Å². The van der Waals surface area contributed by atoms with E-state index in [4.69, 9.17) is 10.2 Å². The van der Waals surface area contributed by atoms with Gasteiger partial charge in [0.05, 0.1) is 0 Å². The standard InChI is InChI=1S/C15H18O4/c1-11(7-8-14(16)17)5-4-6-12(2)9-13(3)10-15(18)19/h4-10H,1-3H3,(H,16,17)(H,18,19)/b6-4+,8-7+,11-5+,12-9+,13-10+. The van der Waals surface area contributed by atoms with Crippen molar-refractivity contribution < 1.29 is 19.8 Å². The lowest BCUT2D eigenvalue weighted by Gasteiger charge is -1.93. The molecule has 0 aliphatic rings. The molecule has 0 saturated carbocycles. The number of carboxylic acid groups (broad SMARTS) is 2. The highest BCUT2D eigenvalue weighted by molar-refractivity contribution is 5.81. The SMILES string of the molecule is CC(/C=C/C(=O)O)=C\C=C\C(C)=C\C(C)=C\C(=O)O. The van der Waals surface area contributed by atoms with Crippen LogP contribution < -0.4 is 0 Å². The average molecular weight is 262 g/mol. The highest BCUT2D eigenvalue weighted by Crippen LogP contribution is 2.04. The number of allylic oxidation sites excluding steroid dienone is 8. The Morgan fingerprint density at radius 1 is 0.737 bits per heavy atom. The van der Waals surface area contributed by atoms with Gasteiger partial charge in [0, 0.05) is 12.2 Å². The molecule has 0 spiro atoms. The summed E-state index contributed by atoms with van der Waals surface area (Å²) >= 11 is 0. The van der Waals surface area contributed by atoms with Gasteiger partial charge in [-0.3, -0.25) is 0 Å². The van der Waals surface area contributed by atoms with Crippen LogP contribution >= 0.6 is 0 Å². The van der Waals surface area contributed by atoms with E-state index in [1.165, 1.54) is 6.08 Å². The summed E-state index contributed by atoms with van der Waals surface area (Å²) in [5, 5.41) is 17.0. The molecule has 0 atom stereocenters. The van der Waals surface area contributed by atoms with E-state index in [2.05, 4.69) is 0 Å². The van der Waals surface area contributed by atoms with Crippen molar-refractivity contribution in [2.75, 3.05) is 0 Å². The van der Waals surface area contributed by atoms with Gasteiger partial charge in [-0.15, -0.1) is 0 Å². The van der Waals surface area contributed by atoms with Crippen LogP contribution in [0.1, 0.15) is 20.8 Å². The molecule has 2 N–H and O–H groups in total. The molecular formula is C15H18O4. The second-order valence-corrected chi connectivity index (χ2v) is 4.06. The van der Waals surface area contributed by atoms with Gasteiger partial charge in [0.25, 0.3) is 0 Å². The largest absolute Gasteiger partial charge is 0.478 e. The molecule has 0 aromatic rings. The van der Waals surface area contributed by atoms with Gasteiger partial charge in [-0.1, -0.05) is 41.5 Å². The van der Waals surface area contributed by atoms with E-state index in [1.807, 2.05) is 13.0 Å². The maximum Gasteiger partial charge on any atom is 0.328 e. The number of hydrogen-bond donors (Lipinski definition) is 2. The van der Waals surface area contributed by atoms with Crippen LogP contribution in [0.25, 0.3) is 0 Å². The number of carboxylic acids is 2. The summed E-state index contributed by atoms with van der Waals surface area (Å²) in [6.07, 6.45) is 10.8. The lowest BCUT2D eigenvalue weighted by Crippen LogP contribution is -1.88. The molecule has 4 heteroatoms. The molecule has 102 valence electrons. The van der Waals surface area contributed by atoms with Gasteiger partial charge in [0.15, 0.2) is 0 Å².